The van der Waals surface area contributed by atoms with Gasteiger partial charge < -0.3 is 14.1 Å². The van der Waals surface area contributed by atoms with Crippen LogP contribution in [0.4, 0.5) is 0 Å². The molecule has 0 spiro atoms. The second kappa shape index (κ2) is 10.3. The number of carbonyl (C=O) groups excluding carboxylic acids is 1. The molecule has 3 aromatic rings. The molecule has 4 nitrogen and oxygen atoms in total. The summed E-state index contributed by atoms with van der Waals surface area (Å²) in [6.45, 7) is 8.66. The Bertz CT molecular complexity index is 1110. The zero-order valence-electron chi connectivity index (χ0n) is 21.6. The largest absolute Gasteiger partial charge is 0.407 e. The average Bonchev–Trinajstić information content (AvgIpc) is 3.47. The molecule has 0 bridgehead atoms. The lowest BCUT2D eigenvalue weighted by Gasteiger charge is -2.44. The summed E-state index contributed by atoms with van der Waals surface area (Å²) in [6, 6.07) is 31.8. The fourth-order valence-corrected chi connectivity index (χ4v) is 10.8. The van der Waals surface area contributed by atoms with Crippen LogP contribution in [0.3, 0.4) is 0 Å². The Morgan fingerprint density at radius 2 is 1.42 bits per heavy atom. The van der Waals surface area contributed by atoms with Crippen molar-refractivity contribution in [1.29, 1.82) is 0 Å². The number of hydrogen-bond acceptors (Lipinski definition) is 3. The molecular weight excluding hydrogens is 462 g/mol. The Kier molecular flexibility index (Phi) is 7.15. The molecule has 0 aliphatic carbocycles. The van der Waals surface area contributed by atoms with E-state index in [-0.39, 0.29) is 22.9 Å². The van der Waals surface area contributed by atoms with Crippen LogP contribution in [0, 0.1) is 5.92 Å². The molecule has 0 N–H and O–H groups in total. The Labute approximate surface area is 216 Å². The first-order chi connectivity index (χ1) is 17.4. The second-order valence-electron chi connectivity index (χ2n) is 11.1. The van der Waals surface area contributed by atoms with E-state index in [9.17, 15) is 4.79 Å². The molecule has 2 fully saturated rings. The molecule has 3 atom stereocenters. The smallest absolute Gasteiger partial charge is 0.261 e. The van der Waals surface area contributed by atoms with E-state index in [2.05, 4.69) is 86.3 Å². The monoisotopic (exact) mass is 499 g/mol. The summed E-state index contributed by atoms with van der Waals surface area (Å²) in [6.07, 6.45) is 1.61. The fourth-order valence-electron chi connectivity index (χ4n) is 6.20. The molecule has 5 heteroatoms. The van der Waals surface area contributed by atoms with Crippen LogP contribution in [0.25, 0.3) is 0 Å². The number of rotatable bonds is 8. The van der Waals surface area contributed by atoms with Crippen molar-refractivity contribution < 1.29 is 14.0 Å². The molecule has 1 amide bonds. The van der Waals surface area contributed by atoms with Crippen LogP contribution in [0.2, 0.25) is 5.04 Å². The van der Waals surface area contributed by atoms with Gasteiger partial charge in [0.15, 0.2) is 0 Å². The van der Waals surface area contributed by atoms with Gasteiger partial charge in [-0.3, -0.25) is 4.79 Å². The van der Waals surface area contributed by atoms with Gasteiger partial charge in [-0.2, -0.15) is 0 Å². The van der Waals surface area contributed by atoms with Crippen LogP contribution in [-0.4, -0.2) is 44.4 Å². The topological polar surface area (TPSA) is 38.8 Å². The summed E-state index contributed by atoms with van der Waals surface area (Å²) < 4.78 is 13.6. The molecule has 5 rings (SSSR count). The SMILES string of the molecule is CC(C)(C)[Si](OC[C@@H]1[C@@H](OCc2ccccc2)C(=O)N2CCC[C@@H]12)(c1ccccc1)c1ccccc1. The normalized spacial score (nSPS) is 22.1. The van der Waals surface area contributed by atoms with Crippen LogP contribution < -0.4 is 10.4 Å². The molecule has 0 aromatic heterocycles. The maximum Gasteiger partial charge on any atom is 0.261 e. The molecule has 2 heterocycles. The maximum absolute atomic E-state index is 13.4. The van der Waals surface area contributed by atoms with Gasteiger partial charge in [0.2, 0.25) is 0 Å². The fraction of sp³-hybridized carbons (Fsp3) is 0.387. The van der Waals surface area contributed by atoms with E-state index in [0.29, 0.717) is 13.2 Å². The Balaban J connectivity index is 1.48. The van der Waals surface area contributed by atoms with E-state index >= 15 is 0 Å². The van der Waals surface area contributed by atoms with Crippen molar-refractivity contribution >= 4 is 24.6 Å². The van der Waals surface area contributed by atoms with Gasteiger partial charge in [0.1, 0.15) is 6.10 Å². The van der Waals surface area contributed by atoms with Crippen molar-refractivity contribution in [3.05, 3.63) is 96.6 Å². The molecule has 0 radical (unpaired) electrons. The third kappa shape index (κ3) is 4.56. The minimum atomic E-state index is -2.68. The van der Waals surface area contributed by atoms with Crippen LogP contribution in [0.1, 0.15) is 39.2 Å². The van der Waals surface area contributed by atoms with E-state index in [1.807, 2.05) is 30.3 Å². The van der Waals surface area contributed by atoms with Crippen LogP contribution in [-0.2, 0) is 20.6 Å². The quantitative estimate of drug-likeness (QED) is 0.419. The van der Waals surface area contributed by atoms with Crippen molar-refractivity contribution in [2.75, 3.05) is 13.2 Å². The standard InChI is InChI=1S/C31H37NO3Si/c1-31(2,3)36(25-16-9-5-10-17-25,26-18-11-6-12-19-26)35-23-27-28-20-13-21-32(28)30(33)29(27)34-22-24-14-7-4-8-15-24/h4-12,14-19,27-29H,13,20-23H2,1-3H3/t27-,28-,29+/m0/s1. The number of fused-ring (bicyclic) bond motifs is 1. The molecule has 36 heavy (non-hydrogen) atoms. The average molecular weight is 500 g/mol. The predicted molar refractivity (Wildman–Crippen MR) is 147 cm³/mol. The zero-order valence-corrected chi connectivity index (χ0v) is 22.6. The number of amides is 1. The molecule has 2 aliphatic rings. The number of hydrogen-bond donors (Lipinski definition) is 0. The van der Waals surface area contributed by atoms with Crippen molar-refractivity contribution in [1.82, 2.24) is 4.90 Å². The highest BCUT2D eigenvalue weighted by Gasteiger charge is 2.54. The van der Waals surface area contributed by atoms with Gasteiger partial charge >= 0.3 is 0 Å². The zero-order chi connectivity index (χ0) is 25.2. The van der Waals surface area contributed by atoms with Gasteiger partial charge in [-0.15, -0.1) is 0 Å². The number of carbonyl (C=O) groups is 1. The van der Waals surface area contributed by atoms with Crippen molar-refractivity contribution in [3.8, 4) is 0 Å². The van der Waals surface area contributed by atoms with E-state index in [4.69, 9.17) is 9.16 Å². The molecule has 0 unspecified atom stereocenters. The summed E-state index contributed by atoms with van der Waals surface area (Å²) in [5.41, 5.74) is 1.09. The Hall–Kier alpha value is -2.73. The summed E-state index contributed by atoms with van der Waals surface area (Å²) >= 11 is 0. The minimum absolute atomic E-state index is 0.0189. The van der Waals surface area contributed by atoms with Crippen molar-refractivity contribution in [3.63, 3.8) is 0 Å². The van der Waals surface area contributed by atoms with E-state index in [1.54, 1.807) is 0 Å². The van der Waals surface area contributed by atoms with E-state index < -0.39 is 14.4 Å². The molecule has 0 saturated carbocycles. The maximum atomic E-state index is 13.4. The lowest BCUT2D eigenvalue weighted by Crippen LogP contribution is -2.67. The summed E-state index contributed by atoms with van der Waals surface area (Å²) in [5, 5.41) is 2.42. The van der Waals surface area contributed by atoms with Crippen LogP contribution in [0.5, 0.6) is 0 Å². The van der Waals surface area contributed by atoms with Gasteiger partial charge in [0, 0.05) is 25.1 Å². The lowest BCUT2D eigenvalue weighted by atomic mass is 9.97. The summed E-state index contributed by atoms with van der Waals surface area (Å²) in [5.74, 6) is 0.148. The third-order valence-electron chi connectivity index (χ3n) is 7.89. The van der Waals surface area contributed by atoms with Gasteiger partial charge in [0.25, 0.3) is 14.2 Å². The minimum Gasteiger partial charge on any atom is -0.407 e. The highest BCUT2D eigenvalue weighted by Crippen LogP contribution is 2.40. The van der Waals surface area contributed by atoms with Crippen LogP contribution in [0.15, 0.2) is 91.0 Å². The Morgan fingerprint density at radius 3 is 1.97 bits per heavy atom. The second-order valence-corrected chi connectivity index (χ2v) is 15.4. The van der Waals surface area contributed by atoms with Gasteiger partial charge in [-0.25, -0.2) is 0 Å². The first kappa shape index (κ1) is 24.9. The first-order valence-electron chi connectivity index (χ1n) is 13.1. The highest BCUT2D eigenvalue weighted by atomic mass is 28.4. The molecule has 2 saturated heterocycles. The third-order valence-corrected chi connectivity index (χ3v) is 12.9. The Morgan fingerprint density at radius 1 is 0.861 bits per heavy atom. The van der Waals surface area contributed by atoms with Crippen LogP contribution >= 0.6 is 0 Å². The van der Waals surface area contributed by atoms with Gasteiger partial charge in [-0.05, 0) is 33.8 Å². The molecular formula is C31H37NO3Si. The van der Waals surface area contributed by atoms with Gasteiger partial charge in [0.05, 0.1) is 6.61 Å². The number of nitrogens with zero attached hydrogens (tertiary/aromatic N) is 1. The lowest BCUT2D eigenvalue weighted by molar-refractivity contribution is -0.139. The highest BCUT2D eigenvalue weighted by molar-refractivity contribution is 6.99. The van der Waals surface area contributed by atoms with E-state index in [1.165, 1.54) is 10.4 Å². The van der Waals surface area contributed by atoms with Crippen molar-refractivity contribution in [2.24, 2.45) is 5.92 Å². The number of benzene rings is 3. The molecule has 188 valence electrons. The first-order valence-corrected chi connectivity index (χ1v) is 15.0. The summed E-state index contributed by atoms with van der Waals surface area (Å²) in [4.78, 5) is 15.5. The number of ether oxygens (including phenoxy) is 1. The van der Waals surface area contributed by atoms with Crippen molar-refractivity contribution in [2.45, 2.75) is 57.4 Å². The molecule has 3 aromatic carbocycles. The molecule has 2 aliphatic heterocycles. The predicted octanol–water partition coefficient (Wildman–Crippen LogP) is 4.77. The summed E-state index contributed by atoms with van der Waals surface area (Å²) in [7, 11) is -2.68. The van der Waals surface area contributed by atoms with E-state index in [0.717, 1.165) is 24.9 Å². The van der Waals surface area contributed by atoms with Gasteiger partial charge in [-0.1, -0.05) is 112 Å².